The van der Waals surface area contributed by atoms with Crippen molar-refractivity contribution in [2.24, 2.45) is 0 Å². The second kappa shape index (κ2) is 7.53. The van der Waals surface area contributed by atoms with Crippen molar-refractivity contribution in [3.8, 4) is 17.0 Å². The van der Waals surface area contributed by atoms with Gasteiger partial charge < -0.3 is 14.7 Å². The Kier molecular flexibility index (Phi) is 5.20. The first kappa shape index (κ1) is 15.9. The smallest absolute Gasteiger partial charge is 0.119 e. The van der Waals surface area contributed by atoms with Gasteiger partial charge in [0.1, 0.15) is 5.75 Å². The molecule has 1 aromatic heterocycles. The minimum atomic E-state index is 0.204. The molecule has 0 amide bonds. The summed E-state index contributed by atoms with van der Waals surface area (Å²) in [5.74, 6) is 1.18. The summed E-state index contributed by atoms with van der Waals surface area (Å²) in [6.07, 6.45) is 5.74. The number of hydrogen-bond acceptors (Lipinski definition) is 5. The molecule has 122 valence electrons. The molecule has 0 bridgehead atoms. The molecular formula is C18H23N3O2. The third-order valence-corrected chi connectivity index (χ3v) is 4.38. The fourth-order valence-corrected chi connectivity index (χ4v) is 3.26. The van der Waals surface area contributed by atoms with Crippen molar-refractivity contribution < 1.29 is 9.84 Å². The minimum Gasteiger partial charge on any atom is -0.497 e. The fraction of sp³-hybridized carbons (Fsp3) is 0.444. The molecule has 0 spiro atoms. The zero-order chi connectivity index (χ0) is 16.1. The quantitative estimate of drug-likeness (QED) is 0.918. The number of piperidine rings is 1. The second-order valence-corrected chi connectivity index (χ2v) is 5.89. The monoisotopic (exact) mass is 313 g/mol. The van der Waals surface area contributed by atoms with E-state index in [0.717, 1.165) is 55.2 Å². The molecule has 0 saturated carbocycles. The van der Waals surface area contributed by atoms with E-state index in [-0.39, 0.29) is 6.61 Å². The standard InChI is InChI=1S/C18H23N3O2/c1-23-16-6-2-4-14(12-16)17-18(20-8-7-19-17)15-5-3-9-21(13-15)10-11-22/h2,4,6-8,12,15,22H,3,5,9-11,13H2,1H3/t15-/m0/s1. The molecule has 1 N–H and O–H groups in total. The van der Waals surface area contributed by atoms with Crippen LogP contribution < -0.4 is 4.74 Å². The predicted octanol–water partition coefficient (Wildman–Crippen LogP) is 2.32. The zero-order valence-electron chi connectivity index (χ0n) is 13.5. The van der Waals surface area contributed by atoms with Crippen molar-refractivity contribution in [3.05, 3.63) is 42.4 Å². The first-order valence-corrected chi connectivity index (χ1v) is 8.10. The molecule has 0 unspecified atom stereocenters. The van der Waals surface area contributed by atoms with Gasteiger partial charge in [-0.15, -0.1) is 0 Å². The van der Waals surface area contributed by atoms with Gasteiger partial charge >= 0.3 is 0 Å². The summed E-state index contributed by atoms with van der Waals surface area (Å²) in [6, 6.07) is 7.96. The maximum absolute atomic E-state index is 9.18. The van der Waals surface area contributed by atoms with Gasteiger partial charge in [-0.1, -0.05) is 12.1 Å². The topological polar surface area (TPSA) is 58.5 Å². The molecule has 2 heterocycles. The number of likely N-dealkylation sites (tertiary alicyclic amines) is 1. The molecule has 1 aliphatic rings. The Bertz CT molecular complexity index is 646. The number of hydrogen-bond donors (Lipinski definition) is 1. The average Bonchev–Trinajstić information content (AvgIpc) is 2.62. The Labute approximate surface area is 137 Å². The van der Waals surface area contributed by atoms with Crippen molar-refractivity contribution in [1.29, 1.82) is 0 Å². The van der Waals surface area contributed by atoms with Gasteiger partial charge in [-0.25, -0.2) is 0 Å². The highest BCUT2D eigenvalue weighted by molar-refractivity contribution is 5.64. The summed E-state index contributed by atoms with van der Waals surface area (Å²) in [6.45, 7) is 2.91. The number of ether oxygens (including phenoxy) is 1. The molecule has 1 aromatic carbocycles. The van der Waals surface area contributed by atoms with Crippen molar-refractivity contribution in [2.45, 2.75) is 18.8 Å². The van der Waals surface area contributed by atoms with Crippen LogP contribution in [0, 0.1) is 0 Å². The number of methoxy groups -OCH3 is 1. The van der Waals surface area contributed by atoms with E-state index in [1.54, 1.807) is 19.5 Å². The van der Waals surface area contributed by atoms with E-state index in [1.165, 1.54) is 0 Å². The predicted molar refractivity (Wildman–Crippen MR) is 89.5 cm³/mol. The van der Waals surface area contributed by atoms with Crippen LogP contribution in [0.4, 0.5) is 0 Å². The molecule has 0 aliphatic carbocycles. The molecule has 5 heteroatoms. The van der Waals surface area contributed by atoms with Crippen molar-refractivity contribution >= 4 is 0 Å². The van der Waals surface area contributed by atoms with Gasteiger partial charge in [0, 0.05) is 37.0 Å². The molecular weight excluding hydrogens is 290 g/mol. The molecule has 5 nitrogen and oxygen atoms in total. The largest absolute Gasteiger partial charge is 0.497 e. The van der Waals surface area contributed by atoms with Crippen molar-refractivity contribution in [3.63, 3.8) is 0 Å². The summed E-state index contributed by atoms with van der Waals surface area (Å²) in [7, 11) is 1.67. The number of aliphatic hydroxyl groups excluding tert-OH is 1. The number of aromatic nitrogens is 2. The number of benzene rings is 1. The third kappa shape index (κ3) is 3.68. The van der Waals surface area contributed by atoms with E-state index in [4.69, 9.17) is 4.74 Å². The van der Waals surface area contributed by atoms with Gasteiger partial charge in [0.05, 0.1) is 25.1 Å². The maximum Gasteiger partial charge on any atom is 0.119 e. The summed E-state index contributed by atoms with van der Waals surface area (Å²) < 4.78 is 5.33. The highest BCUT2D eigenvalue weighted by Crippen LogP contribution is 2.32. The first-order valence-electron chi connectivity index (χ1n) is 8.10. The van der Waals surface area contributed by atoms with Gasteiger partial charge in [0.25, 0.3) is 0 Å². The van der Waals surface area contributed by atoms with Crippen LogP contribution in [-0.4, -0.2) is 53.3 Å². The molecule has 1 saturated heterocycles. The molecule has 2 aromatic rings. The van der Waals surface area contributed by atoms with Crippen LogP contribution in [0.1, 0.15) is 24.5 Å². The molecule has 1 aliphatic heterocycles. The summed E-state index contributed by atoms with van der Waals surface area (Å²) >= 11 is 0. The van der Waals surface area contributed by atoms with Crippen LogP contribution >= 0.6 is 0 Å². The van der Waals surface area contributed by atoms with Crippen LogP contribution in [0.2, 0.25) is 0 Å². The van der Waals surface area contributed by atoms with E-state index in [1.807, 2.05) is 24.3 Å². The Morgan fingerprint density at radius 2 is 2.17 bits per heavy atom. The summed E-state index contributed by atoms with van der Waals surface area (Å²) in [5.41, 5.74) is 3.01. The normalized spacial score (nSPS) is 18.8. The van der Waals surface area contributed by atoms with E-state index in [9.17, 15) is 5.11 Å². The van der Waals surface area contributed by atoms with Gasteiger partial charge in [-0.05, 0) is 31.5 Å². The lowest BCUT2D eigenvalue weighted by molar-refractivity contribution is 0.160. The van der Waals surface area contributed by atoms with Crippen LogP contribution in [-0.2, 0) is 0 Å². The summed E-state index contributed by atoms with van der Waals surface area (Å²) in [5, 5.41) is 9.18. The van der Waals surface area contributed by atoms with Crippen LogP contribution in [0.25, 0.3) is 11.3 Å². The lowest BCUT2D eigenvalue weighted by atomic mass is 9.91. The zero-order valence-corrected chi connectivity index (χ0v) is 13.5. The summed E-state index contributed by atoms with van der Waals surface area (Å²) in [4.78, 5) is 11.5. The molecule has 3 rings (SSSR count). The van der Waals surface area contributed by atoms with E-state index < -0.39 is 0 Å². The van der Waals surface area contributed by atoms with Gasteiger partial charge in [0.2, 0.25) is 0 Å². The molecule has 1 fully saturated rings. The Hall–Kier alpha value is -1.98. The van der Waals surface area contributed by atoms with Crippen molar-refractivity contribution in [1.82, 2.24) is 14.9 Å². The highest BCUT2D eigenvalue weighted by atomic mass is 16.5. The first-order chi connectivity index (χ1) is 11.3. The minimum absolute atomic E-state index is 0.204. The third-order valence-electron chi connectivity index (χ3n) is 4.38. The van der Waals surface area contributed by atoms with Crippen LogP contribution in [0.3, 0.4) is 0 Å². The Balaban J connectivity index is 1.91. The fourth-order valence-electron chi connectivity index (χ4n) is 3.26. The second-order valence-electron chi connectivity index (χ2n) is 5.89. The molecule has 23 heavy (non-hydrogen) atoms. The van der Waals surface area contributed by atoms with E-state index in [0.29, 0.717) is 5.92 Å². The lowest BCUT2D eigenvalue weighted by Gasteiger charge is -2.32. The maximum atomic E-state index is 9.18. The SMILES string of the molecule is COc1cccc(-c2nccnc2[C@H]2CCCN(CCO)C2)c1. The van der Waals surface area contributed by atoms with E-state index >= 15 is 0 Å². The van der Waals surface area contributed by atoms with Gasteiger partial charge in [0.15, 0.2) is 0 Å². The number of nitrogens with zero attached hydrogens (tertiary/aromatic N) is 3. The van der Waals surface area contributed by atoms with Crippen LogP contribution in [0.15, 0.2) is 36.7 Å². The Morgan fingerprint density at radius 1 is 1.30 bits per heavy atom. The van der Waals surface area contributed by atoms with Crippen LogP contribution in [0.5, 0.6) is 5.75 Å². The molecule has 0 radical (unpaired) electrons. The number of β-amino-alcohol motifs (C(OH)–C–C–N with tert-alkyl or cyclic N) is 1. The average molecular weight is 313 g/mol. The van der Waals surface area contributed by atoms with Gasteiger partial charge in [-0.2, -0.15) is 0 Å². The molecule has 1 atom stereocenters. The van der Waals surface area contributed by atoms with Crippen molar-refractivity contribution in [2.75, 3.05) is 33.4 Å². The lowest BCUT2D eigenvalue weighted by Crippen LogP contribution is -2.36. The number of aliphatic hydroxyl groups is 1. The number of rotatable bonds is 5. The van der Waals surface area contributed by atoms with Gasteiger partial charge in [-0.3, -0.25) is 9.97 Å². The Morgan fingerprint density at radius 3 is 3.00 bits per heavy atom. The highest BCUT2D eigenvalue weighted by Gasteiger charge is 2.25. The van der Waals surface area contributed by atoms with E-state index in [2.05, 4.69) is 14.9 Å².